The van der Waals surface area contributed by atoms with Crippen LogP contribution < -0.4 is 16.2 Å². The summed E-state index contributed by atoms with van der Waals surface area (Å²) in [7, 11) is 0. The summed E-state index contributed by atoms with van der Waals surface area (Å²) in [5.41, 5.74) is 15.5. The van der Waals surface area contributed by atoms with E-state index < -0.39 is 5.91 Å². The average molecular weight is 496 g/mol. The van der Waals surface area contributed by atoms with Crippen LogP contribution in [0.4, 0.5) is 0 Å². The van der Waals surface area contributed by atoms with Crippen LogP contribution in [0, 0.1) is 0 Å². The predicted molar refractivity (Wildman–Crippen MR) is 135 cm³/mol. The van der Waals surface area contributed by atoms with Crippen molar-refractivity contribution in [2.45, 2.75) is 32.0 Å². The highest BCUT2D eigenvalue weighted by molar-refractivity contribution is 7.17. The van der Waals surface area contributed by atoms with Gasteiger partial charge in [-0.05, 0) is 31.0 Å². The van der Waals surface area contributed by atoms with Crippen molar-refractivity contribution < 1.29 is 9.53 Å². The van der Waals surface area contributed by atoms with Crippen molar-refractivity contribution >= 4 is 34.5 Å². The number of carbonyl (C=O) groups is 1. The van der Waals surface area contributed by atoms with E-state index in [1.54, 1.807) is 0 Å². The summed E-state index contributed by atoms with van der Waals surface area (Å²) >= 11 is 7.63. The van der Waals surface area contributed by atoms with Gasteiger partial charge in [0.05, 0.1) is 16.8 Å². The molecule has 9 heteroatoms. The molecule has 1 aliphatic rings. The van der Waals surface area contributed by atoms with Crippen molar-refractivity contribution in [1.29, 1.82) is 0 Å². The fourth-order valence-electron chi connectivity index (χ4n) is 4.38. The van der Waals surface area contributed by atoms with E-state index in [1.165, 1.54) is 16.9 Å². The van der Waals surface area contributed by atoms with Gasteiger partial charge in [0.15, 0.2) is 0 Å². The van der Waals surface area contributed by atoms with Gasteiger partial charge in [0.1, 0.15) is 22.4 Å². The van der Waals surface area contributed by atoms with Crippen LogP contribution in [0.25, 0.3) is 16.2 Å². The number of thiophene rings is 1. The zero-order valence-corrected chi connectivity index (χ0v) is 20.4. The van der Waals surface area contributed by atoms with E-state index in [-0.39, 0.29) is 12.1 Å². The molecule has 0 spiro atoms. The first-order valence-electron chi connectivity index (χ1n) is 11.2. The van der Waals surface area contributed by atoms with Crippen molar-refractivity contribution in [2.75, 3.05) is 13.1 Å². The number of aromatic nitrogens is 2. The van der Waals surface area contributed by atoms with E-state index in [0.717, 1.165) is 47.8 Å². The van der Waals surface area contributed by atoms with Crippen LogP contribution in [0.1, 0.15) is 40.2 Å². The van der Waals surface area contributed by atoms with Crippen LogP contribution in [0.5, 0.6) is 5.75 Å². The second-order valence-corrected chi connectivity index (χ2v) is 10.1. The number of primary amides is 1. The monoisotopic (exact) mass is 495 g/mol. The standard InChI is InChI=1S/C25H26ClN5O2S/c1-15(18-4-2-3-5-19(18)26)33-21-10-22(34-24(21)25(28)32)20-11-29-23-7-6-16(13-31(20)23)12-30-9-8-17(27)14-30/h2-7,10-11,13,15,17H,8-9,12,14,27H2,1H3,(H2,28,32). The minimum atomic E-state index is -0.530. The number of fused-ring (bicyclic) bond motifs is 1. The first kappa shape index (κ1) is 22.9. The minimum absolute atomic E-state index is 0.248. The Balaban J connectivity index is 1.46. The number of rotatable bonds is 7. The molecule has 2 atom stereocenters. The molecule has 4 heterocycles. The molecule has 7 nitrogen and oxygen atoms in total. The molecule has 1 amide bonds. The Kier molecular flexibility index (Phi) is 6.31. The fraction of sp³-hybridized carbons (Fsp3) is 0.280. The third-order valence-corrected chi connectivity index (χ3v) is 7.60. The average Bonchev–Trinajstić information content (AvgIpc) is 3.52. The van der Waals surface area contributed by atoms with Gasteiger partial charge in [-0.25, -0.2) is 4.98 Å². The maximum atomic E-state index is 12.2. The molecule has 2 unspecified atom stereocenters. The fourth-order valence-corrected chi connectivity index (χ4v) is 5.62. The van der Waals surface area contributed by atoms with Crippen LogP contribution in [0.3, 0.4) is 0 Å². The molecule has 4 N–H and O–H groups in total. The van der Waals surface area contributed by atoms with Crippen LogP contribution >= 0.6 is 22.9 Å². The molecular formula is C25H26ClN5O2S. The summed E-state index contributed by atoms with van der Waals surface area (Å²) in [4.78, 5) is 20.3. The quantitative estimate of drug-likeness (QED) is 0.393. The smallest absolute Gasteiger partial charge is 0.262 e. The first-order chi connectivity index (χ1) is 16.4. The topological polar surface area (TPSA) is 98.9 Å². The predicted octanol–water partition coefficient (Wildman–Crippen LogP) is 4.49. The number of halogens is 1. The van der Waals surface area contributed by atoms with Gasteiger partial charge in [-0.2, -0.15) is 0 Å². The molecular weight excluding hydrogens is 470 g/mol. The van der Waals surface area contributed by atoms with Crippen molar-refractivity contribution in [1.82, 2.24) is 14.3 Å². The van der Waals surface area contributed by atoms with Gasteiger partial charge in [0.25, 0.3) is 5.91 Å². The van der Waals surface area contributed by atoms with E-state index in [4.69, 9.17) is 27.8 Å². The number of pyridine rings is 1. The van der Waals surface area contributed by atoms with E-state index >= 15 is 0 Å². The number of amides is 1. The van der Waals surface area contributed by atoms with Crippen molar-refractivity contribution in [3.63, 3.8) is 0 Å². The number of hydrogen-bond acceptors (Lipinski definition) is 6. The summed E-state index contributed by atoms with van der Waals surface area (Å²) in [5.74, 6) is -0.0884. The molecule has 1 aromatic carbocycles. The van der Waals surface area contributed by atoms with E-state index in [1.807, 2.05) is 53.9 Å². The molecule has 0 bridgehead atoms. The summed E-state index contributed by atoms with van der Waals surface area (Å²) in [6.45, 7) is 4.65. The number of imidazole rings is 1. The van der Waals surface area contributed by atoms with E-state index in [2.05, 4.69) is 22.1 Å². The first-order valence-corrected chi connectivity index (χ1v) is 12.4. The zero-order chi connectivity index (χ0) is 23.8. The van der Waals surface area contributed by atoms with Gasteiger partial charge in [0.2, 0.25) is 0 Å². The maximum Gasteiger partial charge on any atom is 0.262 e. The van der Waals surface area contributed by atoms with Gasteiger partial charge in [-0.3, -0.25) is 14.1 Å². The second-order valence-electron chi connectivity index (χ2n) is 8.64. The molecule has 3 aromatic heterocycles. The molecule has 4 aromatic rings. The SMILES string of the molecule is CC(Oc1cc(-c2cnc3ccc(CN4CCC(N)C4)cn23)sc1C(N)=O)c1ccccc1Cl. The van der Waals surface area contributed by atoms with Crippen LogP contribution in [0.2, 0.25) is 5.02 Å². The van der Waals surface area contributed by atoms with Crippen molar-refractivity contribution in [3.8, 4) is 16.3 Å². The number of benzene rings is 1. The largest absolute Gasteiger partial charge is 0.484 e. The lowest BCUT2D eigenvalue weighted by atomic mass is 10.1. The number of hydrogen-bond donors (Lipinski definition) is 2. The molecule has 0 saturated carbocycles. The maximum absolute atomic E-state index is 12.2. The van der Waals surface area contributed by atoms with E-state index in [0.29, 0.717) is 15.6 Å². The Morgan fingerprint density at radius 1 is 1.32 bits per heavy atom. The normalized spacial score (nSPS) is 17.3. The van der Waals surface area contributed by atoms with Gasteiger partial charge >= 0.3 is 0 Å². The Morgan fingerprint density at radius 2 is 2.15 bits per heavy atom. The van der Waals surface area contributed by atoms with Gasteiger partial charge in [0, 0.05) is 48.5 Å². The molecule has 5 rings (SSSR count). The highest BCUT2D eigenvalue weighted by Gasteiger charge is 2.22. The molecule has 1 fully saturated rings. The van der Waals surface area contributed by atoms with Crippen molar-refractivity contribution in [3.05, 3.63) is 75.9 Å². The molecule has 1 saturated heterocycles. The number of carbonyl (C=O) groups excluding carboxylic acids is 1. The third kappa shape index (κ3) is 4.54. The summed E-state index contributed by atoms with van der Waals surface area (Å²) in [5, 5.41) is 0.611. The Labute approximate surface area is 206 Å². The lowest BCUT2D eigenvalue weighted by molar-refractivity contribution is 0.0998. The highest BCUT2D eigenvalue weighted by Crippen LogP contribution is 2.39. The zero-order valence-electron chi connectivity index (χ0n) is 18.8. The van der Waals surface area contributed by atoms with Gasteiger partial charge < -0.3 is 16.2 Å². The van der Waals surface area contributed by atoms with Crippen LogP contribution in [-0.4, -0.2) is 39.3 Å². The van der Waals surface area contributed by atoms with Crippen molar-refractivity contribution in [2.24, 2.45) is 11.5 Å². The molecule has 0 radical (unpaired) electrons. The number of ether oxygens (including phenoxy) is 1. The highest BCUT2D eigenvalue weighted by atomic mass is 35.5. The third-order valence-electron chi connectivity index (χ3n) is 6.10. The Morgan fingerprint density at radius 3 is 2.88 bits per heavy atom. The summed E-state index contributed by atoms with van der Waals surface area (Å²) in [6, 6.07) is 13.7. The molecule has 176 valence electrons. The van der Waals surface area contributed by atoms with E-state index in [9.17, 15) is 4.79 Å². The summed E-state index contributed by atoms with van der Waals surface area (Å²) in [6.07, 6.45) is 4.58. The summed E-state index contributed by atoms with van der Waals surface area (Å²) < 4.78 is 8.21. The molecule has 1 aliphatic heterocycles. The minimum Gasteiger partial charge on any atom is -0.484 e. The Hall–Kier alpha value is -2.91. The van der Waals surface area contributed by atoms with Gasteiger partial charge in [-0.15, -0.1) is 11.3 Å². The lowest BCUT2D eigenvalue weighted by Crippen LogP contribution is -2.26. The van der Waals surface area contributed by atoms with Crippen LogP contribution in [-0.2, 0) is 6.54 Å². The molecule has 34 heavy (non-hydrogen) atoms. The number of nitrogens with two attached hydrogens (primary N) is 2. The lowest BCUT2D eigenvalue weighted by Gasteiger charge is -2.16. The second kappa shape index (κ2) is 9.38. The Bertz CT molecular complexity index is 1350. The number of likely N-dealkylation sites (tertiary alicyclic amines) is 1. The number of nitrogens with zero attached hydrogens (tertiary/aromatic N) is 3. The van der Waals surface area contributed by atoms with Crippen LogP contribution in [0.15, 0.2) is 54.9 Å². The molecule has 0 aliphatic carbocycles. The van der Waals surface area contributed by atoms with Gasteiger partial charge in [-0.1, -0.05) is 35.9 Å².